The topological polar surface area (TPSA) is 46.6 Å². The maximum absolute atomic E-state index is 12.6. The van der Waals surface area contributed by atoms with Gasteiger partial charge in [-0.15, -0.1) is 0 Å². The number of benzene rings is 1. The first-order chi connectivity index (χ1) is 9.12. The third-order valence-electron chi connectivity index (χ3n) is 4.34. The summed E-state index contributed by atoms with van der Waals surface area (Å²) >= 11 is 0. The van der Waals surface area contributed by atoms with Crippen LogP contribution in [0.1, 0.15) is 6.92 Å². The smallest absolute Gasteiger partial charge is 0.241 e. The van der Waals surface area contributed by atoms with Gasteiger partial charge < -0.3 is 4.74 Å². The van der Waals surface area contributed by atoms with Gasteiger partial charge in [-0.3, -0.25) is 9.59 Å². The lowest BCUT2D eigenvalue weighted by molar-refractivity contribution is -0.126. The molecule has 0 spiro atoms. The Hall–Kier alpha value is -1.94. The minimum Gasteiger partial charge on any atom is -0.362 e. The van der Waals surface area contributed by atoms with Crippen LogP contribution in [0.3, 0.4) is 0 Å². The van der Waals surface area contributed by atoms with Crippen molar-refractivity contribution < 1.29 is 14.3 Å². The van der Waals surface area contributed by atoms with Gasteiger partial charge in [0.1, 0.15) is 0 Å². The highest BCUT2D eigenvalue weighted by molar-refractivity contribution is 6.23. The number of fused-ring (bicyclic) bond motifs is 5. The van der Waals surface area contributed by atoms with Crippen molar-refractivity contribution >= 4 is 17.5 Å². The summed E-state index contributed by atoms with van der Waals surface area (Å²) in [5.74, 6) is -1.02. The van der Waals surface area contributed by atoms with E-state index in [9.17, 15) is 9.59 Å². The second kappa shape index (κ2) is 3.33. The molecule has 0 aromatic heterocycles. The van der Waals surface area contributed by atoms with Crippen LogP contribution in [0.25, 0.3) is 0 Å². The first-order valence-electron chi connectivity index (χ1n) is 6.42. The van der Waals surface area contributed by atoms with Gasteiger partial charge in [0, 0.05) is 0 Å². The number of hydrogen-bond acceptors (Lipinski definition) is 3. The van der Waals surface area contributed by atoms with Crippen LogP contribution in [0, 0.1) is 11.8 Å². The largest absolute Gasteiger partial charge is 0.362 e. The molecule has 3 aliphatic rings. The summed E-state index contributed by atoms with van der Waals surface area (Å²) in [6.07, 6.45) is 3.57. The first kappa shape index (κ1) is 10.9. The Kier molecular flexibility index (Phi) is 1.92. The Morgan fingerprint density at radius 1 is 1.16 bits per heavy atom. The average molecular weight is 255 g/mol. The lowest BCUT2D eigenvalue weighted by atomic mass is 9.78. The molecule has 4 heteroatoms. The molecule has 4 nitrogen and oxygen atoms in total. The van der Waals surface area contributed by atoms with E-state index in [1.54, 1.807) is 12.1 Å². The molecular formula is C15H13NO3. The van der Waals surface area contributed by atoms with E-state index in [1.165, 1.54) is 4.90 Å². The molecule has 3 heterocycles. The van der Waals surface area contributed by atoms with Gasteiger partial charge >= 0.3 is 0 Å². The summed E-state index contributed by atoms with van der Waals surface area (Å²) in [7, 11) is 0. The zero-order chi connectivity index (χ0) is 13.2. The van der Waals surface area contributed by atoms with Crippen molar-refractivity contribution in [1.82, 2.24) is 0 Å². The van der Waals surface area contributed by atoms with Crippen LogP contribution in [0.5, 0.6) is 0 Å². The molecule has 2 saturated heterocycles. The summed E-state index contributed by atoms with van der Waals surface area (Å²) in [5, 5.41) is 0. The zero-order valence-electron chi connectivity index (χ0n) is 10.4. The predicted molar refractivity (Wildman–Crippen MR) is 68.3 cm³/mol. The molecule has 1 aromatic rings. The van der Waals surface area contributed by atoms with E-state index in [1.807, 2.05) is 37.3 Å². The van der Waals surface area contributed by atoms with E-state index in [0.717, 1.165) is 0 Å². The number of imide groups is 1. The third-order valence-corrected chi connectivity index (χ3v) is 4.34. The Morgan fingerprint density at radius 2 is 1.89 bits per heavy atom. The highest BCUT2D eigenvalue weighted by atomic mass is 16.5. The molecule has 0 unspecified atom stereocenters. The summed E-state index contributed by atoms with van der Waals surface area (Å²) in [5.41, 5.74) is 0.0286. The molecule has 2 amide bonds. The number of nitrogens with zero attached hydrogens (tertiary/aromatic N) is 1. The molecule has 0 aliphatic carbocycles. The van der Waals surface area contributed by atoms with Crippen molar-refractivity contribution in [3.63, 3.8) is 0 Å². The second-order valence-electron chi connectivity index (χ2n) is 5.48. The van der Waals surface area contributed by atoms with Gasteiger partial charge in [-0.25, -0.2) is 4.90 Å². The van der Waals surface area contributed by atoms with Crippen molar-refractivity contribution in [2.75, 3.05) is 4.90 Å². The molecule has 4 rings (SSSR count). The fourth-order valence-electron chi connectivity index (χ4n) is 3.48. The predicted octanol–water partition coefficient (Wildman–Crippen LogP) is 1.52. The van der Waals surface area contributed by atoms with Gasteiger partial charge in [0.15, 0.2) is 0 Å². The number of ether oxygens (including phenoxy) is 1. The lowest BCUT2D eigenvalue weighted by Crippen LogP contribution is -2.38. The number of para-hydroxylation sites is 1. The Bertz CT molecular complexity index is 609. The fraction of sp³-hybridized carbons (Fsp3) is 0.333. The zero-order valence-corrected chi connectivity index (χ0v) is 10.4. The van der Waals surface area contributed by atoms with Crippen LogP contribution in [0.15, 0.2) is 42.5 Å². The van der Waals surface area contributed by atoms with Crippen molar-refractivity contribution in [2.24, 2.45) is 11.8 Å². The minimum absolute atomic E-state index is 0.140. The standard InChI is InChI=1S/C15H13NO3/c1-15-8-7-10(19-15)11-12(15)14(18)16(13(11)17)9-5-3-2-4-6-9/h2-8,10-12H,1H3/t10-,11-,12-,15+/m1/s1. The minimum atomic E-state index is -0.619. The maximum atomic E-state index is 12.6. The molecule has 2 bridgehead atoms. The van der Waals surface area contributed by atoms with Gasteiger partial charge in [-0.2, -0.15) is 0 Å². The highest BCUT2D eigenvalue weighted by Gasteiger charge is 2.65. The number of anilines is 1. The van der Waals surface area contributed by atoms with Gasteiger partial charge in [0.05, 0.1) is 29.2 Å². The normalized spacial score (nSPS) is 39.2. The monoisotopic (exact) mass is 255 g/mol. The molecule has 96 valence electrons. The van der Waals surface area contributed by atoms with Crippen LogP contribution in [0.4, 0.5) is 5.69 Å². The van der Waals surface area contributed by atoms with Crippen molar-refractivity contribution in [1.29, 1.82) is 0 Å². The van der Waals surface area contributed by atoms with Crippen LogP contribution >= 0.6 is 0 Å². The molecular weight excluding hydrogens is 242 g/mol. The van der Waals surface area contributed by atoms with Gasteiger partial charge in [0.2, 0.25) is 11.8 Å². The van der Waals surface area contributed by atoms with Gasteiger partial charge in [-0.05, 0) is 19.1 Å². The molecule has 1 aromatic carbocycles. The summed E-state index contributed by atoms with van der Waals surface area (Å²) < 4.78 is 5.77. The van der Waals surface area contributed by atoms with E-state index in [-0.39, 0.29) is 29.8 Å². The van der Waals surface area contributed by atoms with E-state index in [4.69, 9.17) is 4.74 Å². The number of amides is 2. The quantitative estimate of drug-likeness (QED) is 0.564. The van der Waals surface area contributed by atoms with E-state index < -0.39 is 5.60 Å². The summed E-state index contributed by atoms with van der Waals surface area (Å²) in [6.45, 7) is 1.88. The van der Waals surface area contributed by atoms with Gasteiger partial charge in [0.25, 0.3) is 0 Å². The summed E-state index contributed by atoms with van der Waals surface area (Å²) in [4.78, 5) is 26.4. The number of rotatable bonds is 1. The fourth-order valence-corrected chi connectivity index (χ4v) is 3.48. The SMILES string of the molecule is C[C@@]12C=C[C@@H](O1)[C@H]1C(=O)N(c3ccccc3)C(=O)[C@@H]12. The number of carbonyl (C=O) groups excluding carboxylic acids is 2. The molecule has 2 fully saturated rings. The van der Waals surface area contributed by atoms with Crippen LogP contribution in [-0.4, -0.2) is 23.5 Å². The Morgan fingerprint density at radius 3 is 2.58 bits per heavy atom. The number of carbonyl (C=O) groups is 2. The number of hydrogen-bond donors (Lipinski definition) is 0. The lowest BCUT2D eigenvalue weighted by Gasteiger charge is -2.24. The molecule has 0 saturated carbocycles. The van der Waals surface area contributed by atoms with Crippen LogP contribution < -0.4 is 4.90 Å². The molecule has 19 heavy (non-hydrogen) atoms. The third kappa shape index (κ3) is 1.22. The first-order valence-corrected chi connectivity index (χ1v) is 6.42. The average Bonchev–Trinajstić information content (AvgIpc) is 3.00. The molecule has 3 aliphatic heterocycles. The second-order valence-corrected chi connectivity index (χ2v) is 5.48. The van der Waals surface area contributed by atoms with Gasteiger partial charge in [-0.1, -0.05) is 30.4 Å². The van der Waals surface area contributed by atoms with E-state index in [2.05, 4.69) is 0 Å². The van der Waals surface area contributed by atoms with Crippen LogP contribution in [0.2, 0.25) is 0 Å². The molecule has 4 atom stereocenters. The van der Waals surface area contributed by atoms with Crippen molar-refractivity contribution in [2.45, 2.75) is 18.6 Å². The van der Waals surface area contributed by atoms with Crippen molar-refractivity contribution in [3.8, 4) is 0 Å². The summed E-state index contributed by atoms with van der Waals surface area (Å²) in [6, 6.07) is 9.10. The van der Waals surface area contributed by atoms with Crippen LogP contribution in [-0.2, 0) is 14.3 Å². The highest BCUT2D eigenvalue weighted by Crippen LogP contribution is 2.52. The Balaban J connectivity index is 1.80. The maximum Gasteiger partial charge on any atom is 0.241 e. The molecule has 0 N–H and O–H groups in total. The van der Waals surface area contributed by atoms with E-state index in [0.29, 0.717) is 5.69 Å². The van der Waals surface area contributed by atoms with E-state index >= 15 is 0 Å². The molecule has 0 radical (unpaired) electrons. The Labute approximate surface area is 110 Å². The van der Waals surface area contributed by atoms with Crippen molar-refractivity contribution in [3.05, 3.63) is 42.5 Å².